The number of hydrogen-bond donors (Lipinski definition) is 3. The van der Waals surface area contributed by atoms with Gasteiger partial charge >= 0.3 is 0 Å². The third-order valence-corrected chi connectivity index (χ3v) is 4.90. The van der Waals surface area contributed by atoms with E-state index in [-0.39, 0.29) is 11.7 Å². The molecule has 8 heteroatoms. The van der Waals surface area contributed by atoms with Crippen molar-refractivity contribution in [3.05, 3.63) is 48.1 Å². The fourth-order valence-electron chi connectivity index (χ4n) is 1.46. The Kier molecular flexibility index (Phi) is 5.00. The van der Waals surface area contributed by atoms with Gasteiger partial charge in [-0.25, -0.2) is 0 Å². The molecule has 20 heavy (non-hydrogen) atoms. The van der Waals surface area contributed by atoms with Crippen molar-refractivity contribution in [2.75, 3.05) is 5.32 Å². The summed E-state index contributed by atoms with van der Waals surface area (Å²) in [6, 6.07) is 6.83. The van der Waals surface area contributed by atoms with E-state index in [9.17, 15) is 4.79 Å². The Hall–Kier alpha value is -1.13. The zero-order valence-electron chi connectivity index (χ0n) is 9.93. The number of amidine groups is 1. The number of nitrogens with zero attached hydrogens (tertiary/aromatic N) is 1. The first-order valence-electron chi connectivity index (χ1n) is 5.34. The highest BCUT2D eigenvalue weighted by atomic mass is 127. The van der Waals surface area contributed by atoms with Crippen LogP contribution in [0.4, 0.5) is 5.69 Å². The van der Waals surface area contributed by atoms with E-state index in [2.05, 4.69) is 49.0 Å². The third kappa shape index (κ3) is 3.49. The van der Waals surface area contributed by atoms with Gasteiger partial charge < -0.3 is 16.3 Å². The molecule has 0 aliphatic rings. The summed E-state index contributed by atoms with van der Waals surface area (Å²) >= 11 is 7.02. The SMILES string of the molecule is N/C(=N/O)c1ccc(NC(=O)c2csc(I)c2)c(Br)c1. The minimum absolute atomic E-state index is 0.0102. The number of amides is 1. The number of halogens is 2. The summed E-state index contributed by atoms with van der Waals surface area (Å²) in [5.74, 6) is -0.169. The average Bonchev–Trinajstić information content (AvgIpc) is 2.86. The second-order valence-electron chi connectivity index (χ2n) is 3.77. The highest BCUT2D eigenvalue weighted by molar-refractivity contribution is 14.1. The first kappa shape index (κ1) is 15.3. The fourth-order valence-corrected chi connectivity index (χ4v) is 3.26. The lowest BCUT2D eigenvalue weighted by molar-refractivity contribution is 0.102. The van der Waals surface area contributed by atoms with E-state index >= 15 is 0 Å². The van der Waals surface area contributed by atoms with Gasteiger partial charge in [-0.2, -0.15) is 0 Å². The summed E-state index contributed by atoms with van der Waals surface area (Å²) in [5.41, 5.74) is 7.29. The zero-order valence-corrected chi connectivity index (χ0v) is 14.5. The molecule has 0 saturated carbocycles. The summed E-state index contributed by atoms with van der Waals surface area (Å²) in [6.45, 7) is 0. The lowest BCUT2D eigenvalue weighted by atomic mass is 10.2. The molecule has 4 N–H and O–H groups in total. The maximum atomic E-state index is 12.0. The standard InChI is InChI=1S/C12H9BrIN3O2S/c13-8-3-6(11(15)17-19)1-2-9(8)16-12(18)7-4-10(14)20-5-7/h1-5,19H,(H2,15,17)(H,16,18). The number of thiophene rings is 1. The number of anilines is 1. The molecule has 1 aromatic carbocycles. The number of carbonyl (C=O) groups is 1. The predicted octanol–water partition coefficient (Wildman–Crippen LogP) is 3.46. The Morgan fingerprint density at radius 1 is 1.40 bits per heavy atom. The first-order chi connectivity index (χ1) is 9.51. The lowest BCUT2D eigenvalue weighted by Gasteiger charge is -2.08. The molecule has 0 aliphatic carbocycles. The Labute approximate surface area is 141 Å². The summed E-state index contributed by atoms with van der Waals surface area (Å²) in [6.07, 6.45) is 0. The summed E-state index contributed by atoms with van der Waals surface area (Å²) < 4.78 is 1.70. The number of nitrogens with two attached hydrogens (primary N) is 1. The van der Waals surface area contributed by atoms with Crippen LogP contribution in [-0.2, 0) is 0 Å². The van der Waals surface area contributed by atoms with Crippen LogP contribution < -0.4 is 11.1 Å². The van der Waals surface area contributed by atoms with Crippen LogP contribution in [0.2, 0.25) is 0 Å². The summed E-state index contributed by atoms with van der Waals surface area (Å²) in [4.78, 5) is 12.0. The minimum atomic E-state index is -0.179. The number of benzene rings is 1. The molecule has 0 radical (unpaired) electrons. The minimum Gasteiger partial charge on any atom is -0.409 e. The van der Waals surface area contributed by atoms with E-state index in [1.54, 1.807) is 23.6 Å². The van der Waals surface area contributed by atoms with E-state index in [0.717, 1.165) is 2.88 Å². The molecule has 0 spiro atoms. The van der Waals surface area contributed by atoms with Gasteiger partial charge in [0.15, 0.2) is 5.84 Å². The van der Waals surface area contributed by atoms with Gasteiger partial charge in [0.1, 0.15) is 0 Å². The van der Waals surface area contributed by atoms with Crippen LogP contribution in [0.3, 0.4) is 0 Å². The van der Waals surface area contributed by atoms with E-state index in [4.69, 9.17) is 10.9 Å². The van der Waals surface area contributed by atoms with Gasteiger partial charge in [-0.1, -0.05) is 5.16 Å². The zero-order chi connectivity index (χ0) is 14.7. The molecule has 2 rings (SSSR count). The highest BCUT2D eigenvalue weighted by Crippen LogP contribution is 2.25. The van der Waals surface area contributed by atoms with Gasteiger partial charge in [0.25, 0.3) is 5.91 Å². The largest absolute Gasteiger partial charge is 0.409 e. The van der Waals surface area contributed by atoms with Crippen LogP contribution in [0.1, 0.15) is 15.9 Å². The normalized spacial score (nSPS) is 11.4. The molecule has 0 bridgehead atoms. The van der Waals surface area contributed by atoms with Crippen LogP contribution in [0, 0.1) is 2.88 Å². The quantitative estimate of drug-likeness (QED) is 0.213. The van der Waals surface area contributed by atoms with E-state index in [1.165, 1.54) is 11.3 Å². The molecule has 0 aliphatic heterocycles. The van der Waals surface area contributed by atoms with Gasteiger partial charge in [0.05, 0.1) is 14.1 Å². The maximum Gasteiger partial charge on any atom is 0.256 e. The Morgan fingerprint density at radius 3 is 2.70 bits per heavy atom. The topological polar surface area (TPSA) is 87.7 Å². The molecule has 0 fully saturated rings. The molecule has 1 heterocycles. The number of hydrogen-bond acceptors (Lipinski definition) is 4. The number of carbonyl (C=O) groups excluding carboxylic acids is 1. The second-order valence-corrected chi connectivity index (χ2v) is 7.43. The van der Waals surface area contributed by atoms with Gasteiger partial charge in [-0.05, 0) is 62.8 Å². The van der Waals surface area contributed by atoms with Gasteiger partial charge in [0.2, 0.25) is 0 Å². The molecule has 104 valence electrons. The van der Waals surface area contributed by atoms with Crippen molar-refractivity contribution in [2.45, 2.75) is 0 Å². The van der Waals surface area contributed by atoms with Crippen molar-refractivity contribution >= 4 is 67.3 Å². The number of oxime groups is 1. The summed E-state index contributed by atoms with van der Waals surface area (Å²) in [7, 11) is 0. The van der Waals surface area contributed by atoms with Crippen LogP contribution in [0.5, 0.6) is 0 Å². The predicted molar refractivity (Wildman–Crippen MR) is 91.6 cm³/mol. The number of nitrogens with one attached hydrogen (secondary N) is 1. The smallest absolute Gasteiger partial charge is 0.256 e. The molecule has 0 atom stereocenters. The Balaban J connectivity index is 2.20. The fraction of sp³-hybridized carbons (Fsp3) is 0. The Morgan fingerprint density at radius 2 is 2.15 bits per heavy atom. The Bertz CT molecular complexity index is 687. The molecular formula is C12H9BrIN3O2S. The van der Waals surface area contributed by atoms with Crippen LogP contribution in [0.15, 0.2) is 39.3 Å². The molecule has 0 saturated heterocycles. The average molecular weight is 466 g/mol. The molecule has 2 aromatic rings. The highest BCUT2D eigenvalue weighted by Gasteiger charge is 2.11. The molecule has 1 aromatic heterocycles. The molecule has 5 nitrogen and oxygen atoms in total. The molecule has 1 amide bonds. The van der Waals surface area contributed by atoms with Crippen molar-refractivity contribution in [3.63, 3.8) is 0 Å². The van der Waals surface area contributed by atoms with Crippen molar-refractivity contribution in [1.82, 2.24) is 0 Å². The third-order valence-electron chi connectivity index (χ3n) is 2.45. The molecular weight excluding hydrogens is 457 g/mol. The lowest BCUT2D eigenvalue weighted by Crippen LogP contribution is -2.14. The van der Waals surface area contributed by atoms with E-state index < -0.39 is 0 Å². The number of rotatable bonds is 3. The van der Waals surface area contributed by atoms with Crippen LogP contribution in [0.25, 0.3) is 0 Å². The summed E-state index contributed by atoms with van der Waals surface area (Å²) in [5, 5.41) is 16.2. The monoisotopic (exact) mass is 465 g/mol. The van der Waals surface area contributed by atoms with Gasteiger partial charge in [0, 0.05) is 15.4 Å². The van der Waals surface area contributed by atoms with Crippen molar-refractivity contribution in [1.29, 1.82) is 0 Å². The van der Waals surface area contributed by atoms with Crippen molar-refractivity contribution in [2.24, 2.45) is 10.9 Å². The van der Waals surface area contributed by atoms with Crippen LogP contribution >= 0.6 is 49.9 Å². The van der Waals surface area contributed by atoms with Gasteiger partial charge in [-0.3, -0.25) is 4.79 Å². The van der Waals surface area contributed by atoms with E-state index in [0.29, 0.717) is 21.3 Å². The van der Waals surface area contributed by atoms with Gasteiger partial charge in [-0.15, -0.1) is 11.3 Å². The second kappa shape index (κ2) is 6.55. The first-order valence-corrected chi connectivity index (χ1v) is 8.09. The van der Waals surface area contributed by atoms with E-state index in [1.807, 2.05) is 6.07 Å². The van der Waals surface area contributed by atoms with Crippen LogP contribution in [-0.4, -0.2) is 17.0 Å². The van der Waals surface area contributed by atoms with Crippen molar-refractivity contribution in [3.8, 4) is 0 Å². The maximum absolute atomic E-state index is 12.0. The molecule has 0 unspecified atom stereocenters. The van der Waals surface area contributed by atoms with Crippen molar-refractivity contribution < 1.29 is 10.0 Å².